The first kappa shape index (κ1) is 14.5. The third-order valence-corrected chi connectivity index (χ3v) is 3.71. The van der Waals surface area contributed by atoms with Crippen molar-refractivity contribution in [3.8, 4) is 0 Å². The van der Waals surface area contributed by atoms with Crippen LogP contribution in [0.3, 0.4) is 0 Å². The van der Waals surface area contributed by atoms with E-state index in [0.29, 0.717) is 0 Å². The van der Waals surface area contributed by atoms with Gasteiger partial charge in [0.05, 0.1) is 11.7 Å². The van der Waals surface area contributed by atoms with E-state index in [1.54, 1.807) is 0 Å². The van der Waals surface area contributed by atoms with Gasteiger partial charge in [0.1, 0.15) is 0 Å². The Balaban J connectivity index is 1.66. The average Bonchev–Trinajstić information content (AvgIpc) is 2.85. The molecule has 0 spiro atoms. The summed E-state index contributed by atoms with van der Waals surface area (Å²) < 4.78 is 2.04. The van der Waals surface area contributed by atoms with E-state index in [1.165, 1.54) is 44.5 Å². The molecular weight excluding hydrogens is 236 g/mol. The van der Waals surface area contributed by atoms with Crippen molar-refractivity contribution in [2.75, 3.05) is 26.2 Å². The molecule has 1 aliphatic heterocycles. The smallest absolute Gasteiger partial charge is 0.0543 e. The first-order chi connectivity index (χ1) is 9.05. The maximum Gasteiger partial charge on any atom is 0.0543 e. The summed E-state index contributed by atoms with van der Waals surface area (Å²) in [5.41, 5.74) is 1.35. The predicted molar refractivity (Wildman–Crippen MR) is 79.2 cm³/mol. The Morgan fingerprint density at radius 2 is 1.95 bits per heavy atom. The molecule has 1 aromatic rings. The average molecular weight is 264 g/mol. The minimum atomic E-state index is 0.0754. The molecule has 1 N–H and O–H groups in total. The zero-order valence-corrected chi connectivity index (χ0v) is 12.7. The van der Waals surface area contributed by atoms with Crippen LogP contribution in [0.2, 0.25) is 0 Å². The van der Waals surface area contributed by atoms with Crippen molar-refractivity contribution in [2.24, 2.45) is 0 Å². The fourth-order valence-electron chi connectivity index (χ4n) is 2.47. The molecule has 0 bridgehead atoms. The summed E-state index contributed by atoms with van der Waals surface area (Å²) in [4.78, 5) is 2.56. The first-order valence-electron chi connectivity index (χ1n) is 7.53. The van der Waals surface area contributed by atoms with Gasteiger partial charge in [-0.1, -0.05) is 6.42 Å². The van der Waals surface area contributed by atoms with Gasteiger partial charge in [-0.15, -0.1) is 0 Å². The Kier molecular flexibility index (Phi) is 4.99. The highest BCUT2D eigenvalue weighted by atomic mass is 15.3. The van der Waals surface area contributed by atoms with Gasteiger partial charge in [0.15, 0.2) is 0 Å². The number of nitrogens with one attached hydrogen (secondary N) is 1. The van der Waals surface area contributed by atoms with Crippen LogP contribution >= 0.6 is 0 Å². The topological polar surface area (TPSA) is 33.1 Å². The van der Waals surface area contributed by atoms with E-state index in [-0.39, 0.29) is 5.54 Å². The van der Waals surface area contributed by atoms with Crippen LogP contribution in [0.4, 0.5) is 0 Å². The van der Waals surface area contributed by atoms with Crippen LogP contribution in [0.25, 0.3) is 0 Å². The summed E-state index contributed by atoms with van der Waals surface area (Å²) >= 11 is 0. The second-order valence-corrected chi connectivity index (χ2v) is 6.54. The minimum absolute atomic E-state index is 0.0754. The lowest BCUT2D eigenvalue weighted by atomic mass is 10.1. The van der Waals surface area contributed by atoms with Crippen molar-refractivity contribution in [3.63, 3.8) is 0 Å². The van der Waals surface area contributed by atoms with E-state index >= 15 is 0 Å². The minimum Gasteiger partial charge on any atom is -0.311 e. The summed E-state index contributed by atoms with van der Waals surface area (Å²) in [5, 5.41) is 7.94. The number of hydrogen-bond donors (Lipinski definition) is 1. The van der Waals surface area contributed by atoms with Crippen LogP contribution in [0.1, 0.15) is 45.6 Å². The zero-order valence-electron chi connectivity index (χ0n) is 12.7. The molecule has 108 valence electrons. The second kappa shape index (κ2) is 6.53. The van der Waals surface area contributed by atoms with Crippen LogP contribution in [0.15, 0.2) is 12.4 Å². The van der Waals surface area contributed by atoms with Crippen molar-refractivity contribution in [3.05, 3.63) is 18.0 Å². The van der Waals surface area contributed by atoms with E-state index in [4.69, 9.17) is 0 Å². The van der Waals surface area contributed by atoms with Gasteiger partial charge < -0.3 is 10.2 Å². The molecule has 0 radical (unpaired) electrons. The van der Waals surface area contributed by atoms with Crippen molar-refractivity contribution < 1.29 is 0 Å². The quantitative estimate of drug-likeness (QED) is 0.828. The van der Waals surface area contributed by atoms with E-state index in [9.17, 15) is 0 Å². The largest absolute Gasteiger partial charge is 0.311 e. The van der Waals surface area contributed by atoms with E-state index in [0.717, 1.165) is 13.1 Å². The Hall–Kier alpha value is -0.870. The van der Waals surface area contributed by atoms with Crippen LogP contribution in [0, 0.1) is 0 Å². The van der Waals surface area contributed by atoms with Crippen LogP contribution in [-0.2, 0) is 12.1 Å². The molecule has 0 amide bonds. The van der Waals surface area contributed by atoms with Crippen molar-refractivity contribution in [1.29, 1.82) is 0 Å². The van der Waals surface area contributed by atoms with Crippen molar-refractivity contribution in [2.45, 2.75) is 52.1 Å². The van der Waals surface area contributed by atoms with E-state index < -0.39 is 0 Å². The third kappa shape index (κ3) is 4.62. The SMILES string of the molecule is CC(C)(C)n1cc(CNCCN2CCCCC2)cn1. The Bertz CT molecular complexity index is 372. The number of likely N-dealkylation sites (tertiary alicyclic amines) is 1. The highest BCUT2D eigenvalue weighted by Crippen LogP contribution is 2.13. The summed E-state index contributed by atoms with van der Waals surface area (Å²) in [6.45, 7) is 12.2. The number of piperidine rings is 1. The van der Waals surface area contributed by atoms with Crippen molar-refractivity contribution in [1.82, 2.24) is 20.0 Å². The van der Waals surface area contributed by atoms with E-state index in [2.05, 4.69) is 42.3 Å². The number of aromatic nitrogens is 2. The maximum atomic E-state index is 4.42. The molecule has 2 rings (SSSR count). The number of rotatable bonds is 5. The molecule has 0 unspecified atom stereocenters. The Morgan fingerprint density at radius 1 is 1.21 bits per heavy atom. The first-order valence-corrected chi connectivity index (χ1v) is 7.53. The molecule has 0 saturated carbocycles. The lowest BCUT2D eigenvalue weighted by Crippen LogP contribution is -2.35. The molecule has 4 heteroatoms. The predicted octanol–water partition coefficient (Wildman–Crippen LogP) is 2.21. The van der Waals surface area contributed by atoms with Crippen LogP contribution in [-0.4, -0.2) is 40.9 Å². The molecule has 0 aliphatic carbocycles. The van der Waals surface area contributed by atoms with Gasteiger partial charge in [0, 0.05) is 31.4 Å². The fraction of sp³-hybridized carbons (Fsp3) is 0.800. The van der Waals surface area contributed by atoms with Gasteiger partial charge in [0.2, 0.25) is 0 Å². The molecule has 0 atom stereocenters. The van der Waals surface area contributed by atoms with Gasteiger partial charge >= 0.3 is 0 Å². The van der Waals surface area contributed by atoms with Gasteiger partial charge in [-0.05, 0) is 46.7 Å². The number of hydrogen-bond acceptors (Lipinski definition) is 3. The molecule has 1 fully saturated rings. The molecule has 1 aliphatic rings. The van der Waals surface area contributed by atoms with Gasteiger partial charge in [-0.3, -0.25) is 4.68 Å². The molecule has 1 aromatic heterocycles. The van der Waals surface area contributed by atoms with Gasteiger partial charge in [-0.2, -0.15) is 5.10 Å². The summed E-state index contributed by atoms with van der Waals surface area (Å²) in [6, 6.07) is 0. The van der Waals surface area contributed by atoms with Crippen LogP contribution in [0.5, 0.6) is 0 Å². The fourth-order valence-corrected chi connectivity index (χ4v) is 2.47. The summed E-state index contributed by atoms with van der Waals surface area (Å²) in [7, 11) is 0. The Labute approximate surface area is 117 Å². The summed E-state index contributed by atoms with van der Waals surface area (Å²) in [6.07, 6.45) is 8.28. The maximum absolute atomic E-state index is 4.42. The molecular formula is C15H28N4. The lowest BCUT2D eigenvalue weighted by molar-refractivity contribution is 0.229. The third-order valence-electron chi connectivity index (χ3n) is 3.71. The lowest BCUT2D eigenvalue weighted by Gasteiger charge is -2.26. The second-order valence-electron chi connectivity index (χ2n) is 6.54. The molecule has 0 aromatic carbocycles. The molecule has 19 heavy (non-hydrogen) atoms. The highest BCUT2D eigenvalue weighted by molar-refractivity contribution is 5.04. The standard InChI is InChI=1S/C15H28N4/c1-15(2,3)19-13-14(12-17-19)11-16-7-10-18-8-5-4-6-9-18/h12-13,16H,4-11H2,1-3H3. The van der Waals surface area contributed by atoms with E-state index in [1.807, 2.05) is 10.9 Å². The monoisotopic (exact) mass is 264 g/mol. The van der Waals surface area contributed by atoms with Crippen LogP contribution < -0.4 is 5.32 Å². The normalized spacial score (nSPS) is 17.8. The van der Waals surface area contributed by atoms with Crippen molar-refractivity contribution >= 4 is 0 Å². The molecule has 2 heterocycles. The molecule has 4 nitrogen and oxygen atoms in total. The highest BCUT2D eigenvalue weighted by Gasteiger charge is 2.13. The Morgan fingerprint density at radius 3 is 2.58 bits per heavy atom. The molecule has 1 saturated heterocycles. The van der Waals surface area contributed by atoms with Gasteiger partial charge in [-0.25, -0.2) is 0 Å². The summed E-state index contributed by atoms with van der Waals surface area (Å²) in [5.74, 6) is 0. The number of nitrogens with zero attached hydrogens (tertiary/aromatic N) is 3. The zero-order chi connectivity index (χ0) is 13.7. The van der Waals surface area contributed by atoms with Gasteiger partial charge in [0.25, 0.3) is 0 Å².